The van der Waals surface area contributed by atoms with Crippen LogP contribution in [0.5, 0.6) is 0 Å². The molecule has 0 unspecified atom stereocenters. The molecule has 0 saturated carbocycles. The van der Waals surface area contributed by atoms with Crippen molar-refractivity contribution >= 4 is 11.6 Å². The second-order valence-corrected chi connectivity index (χ2v) is 3.38. The molecule has 0 amide bonds. The molecule has 8 heavy (non-hydrogen) atoms. The summed E-state index contributed by atoms with van der Waals surface area (Å²) in [7, 11) is 0. The summed E-state index contributed by atoms with van der Waals surface area (Å²) < 4.78 is 0. The van der Waals surface area contributed by atoms with Crippen LogP contribution in [0, 0.1) is 5.41 Å². The Kier molecular flexibility index (Phi) is 5.77. The molecule has 0 aliphatic carbocycles. The predicted octanol–water partition coefficient (Wildman–Crippen LogP) is 2.82. The third-order valence-electron chi connectivity index (χ3n) is 0.844. The van der Waals surface area contributed by atoms with Crippen molar-refractivity contribution in [3.63, 3.8) is 0 Å². The van der Waals surface area contributed by atoms with Gasteiger partial charge in [-0.25, -0.2) is 0 Å². The van der Waals surface area contributed by atoms with Gasteiger partial charge in [0.15, 0.2) is 0 Å². The average Bonchev–Trinajstić information content (AvgIpc) is 1.30. The average molecular weight is 138 g/mol. The van der Waals surface area contributed by atoms with Gasteiger partial charge < -0.3 is 6.15 Å². The summed E-state index contributed by atoms with van der Waals surface area (Å²) in [5.41, 5.74) is 0.418. The minimum atomic E-state index is 0. The van der Waals surface area contributed by atoms with Crippen molar-refractivity contribution < 1.29 is 0 Å². The maximum Gasteiger partial charge on any atom is 0.0228 e. The molecule has 1 nitrogen and oxygen atoms in total. The van der Waals surface area contributed by atoms with Gasteiger partial charge in [-0.1, -0.05) is 20.8 Å². The summed E-state index contributed by atoms with van der Waals surface area (Å²) in [6.45, 7) is 6.57. The van der Waals surface area contributed by atoms with Gasteiger partial charge in [0.05, 0.1) is 0 Å². The molecule has 3 N–H and O–H groups in total. The van der Waals surface area contributed by atoms with E-state index in [1.807, 2.05) is 0 Å². The van der Waals surface area contributed by atoms with E-state index in [0.29, 0.717) is 5.41 Å². The Morgan fingerprint density at radius 1 is 1.25 bits per heavy atom. The molecule has 0 fully saturated rings. The van der Waals surface area contributed by atoms with Crippen molar-refractivity contribution in [2.75, 3.05) is 5.88 Å². The van der Waals surface area contributed by atoms with Crippen molar-refractivity contribution in [2.45, 2.75) is 27.2 Å². The van der Waals surface area contributed by atoms with Crippen LogP contribution in [0.4, 0.5) is 0 Å². The molecule has 2 heteroatoms. The number of alkyl halides is 1. The quantitative estimate of drug-likeness (QED) is 0.555. The summed E-state index contributed by atoms with van der Waals surface area (Å²) in [5, 5.41) is 0. The largest absolute Gasteiger partial charge is 0.344 e. The van der Waals surface area contributed by atoms with Crippen molar-refractivity contribution in [1.82, 2.24) is 6.15 Å². The van der Waals surface area contributed by atoms with E-state index in [1.54, 1.807) is 0 Å². The second kappa shape index (κ2) is 4.16. The lowest BCUT2D eigenvalue weighted by atomic mass is 9.94. The van der Waals surface area contributed by atoms with Gasteiger partial charge in [0.1, 0.15) is 0 Å². The van der Waals surface area contributed by atoms with Crippen LogP contribution in [0.15, 0.2) is 0 Å². The molecule has 0 aliphatic heterocycles. The number of hydrogen-bond donors (Lipinski definition) is 1. The fourth-order valence-electron chi connectivity index (χ4n) is 0.283. The van der Waals surface area contributed by atoms with Crippen LogP contribution >= 0.6 is 11.6 Å². The van der Waals surface area contributed by atoms with Crippen LogP contribution in [0.25, 0.3) is 0 Å². The first-order valence-electron chi connectivity index (χ1n) is 2.62. The van der Waals surface area contributed by atoms with E-state index in [9.17, 15) is 0 Å². The van der Waals surface area contributed by atoms with Gasteiger partial charge in [-0.2, -0.15) is 0 Å². The first kappa shape index (κ1) is 11.1. The Morgan fingerprint density at radius 3 is 1.62 bits per heavy atom. The van der Waals surface area contributed by atoms with E-state index >= 15 is 0 Å². The highest BCUT2D eigenvalue weighted by Crippen LogP contribution is 2.18. The molecule has 0 aliphatic rings. The topological polar surface area (TPSA) is 35.0 Å². The van der Waals surface area contributed by atoms with E-state index in [-0.39, 0.29) is 6.15 Å². The van der Waals surface area contributed by atoms with Gasteiger partial charge in [-0.05, 0) is 11.8 Å². The normalized spacial score (nSPS) is 10.5. The molecule has 0 bridgehead atoms. The first-order valence-corrected chi connectivity index (χ1v) is 3.16. The molecule has 52 valence electrons. The van der Waals surface area contributed by atoms with Crippen LogP contribution in [-0.4, -0.2) is 5.88 Å². The Balaban J connectivity index is 0. The van der Waals surface area contributed by atoms with Crippen LogP contribution < -0.4 is 6.15 Å². The monoisotopic (exact) mass is 137 g/mol. The van der Waals surface area contributed by atoms with Gasteiger partial charge in [0.25, 0.3) is 0 Å². The molecule has 0 heterocycles. The Morgan fingerprint density at radius 2 is 1.62 bits per heavy atom. The SMILES string of the molecule is CC(C)(C)CCCl.N. The highest BCUT2D eigenvalue weighted by Gasteiger charge is 2.06. The van der Waals surface area contributed by atoms with Crippen LogP contribution in [0.2, 0.25) is 0 Å². The fraction of sp³-hybridized carbons (Fsp3) is 1.00. The third-order valence-corrected chi connectivity index (χ3v) is 1.03. The zero-order valence-electron chi connectivity index (χ0n) is 6.00. The van der Waals surface area contributed by atoms with Gasteiger partial charge in [-0.15, -0.1) is 11.6 Å². The molecule has 0 radical (unpaired) electrons. The number of halogens is 1. The van der Waals surface area contributed by atoms with Crippen LogP contribution in [0.3, 0.4) is 0 Å². The van der Waals surface area contributed by atoms with E-state index in [4.69, 9.17) is 11.6 Å². The highest BCUT2D eigenvalue weighted by atomic mass is 35.5. The lowest BCUT2D eigenvalue weighted by molar-refractivity contribution is 0.400. The standard InChI is InChI=1S/C6H13Cl.H3N/c1-6(2,3)4-5-7;/h4-5H2,1-3H3;1H3. The van der Waals surface area contributed by atoms with Crippen molar-refractivity contribution in [2.24, 2.45) is 5.41 Å². The molecular weight excluding hydrogens is 122 g/mol. The minimum absolute atomic E-state index is 0. The van der Waals surface area contributed by atoms with Crippen molar-refractivity contribution in [3.8, 4) is 0 Å². The van der Waals surface area contributed by atoms with Crippen molar-refractivity contribution in [1.29, 1.82) is 0 Å². The third kappa shape index (κ3) is 9.54. The summed E-state index contributed by atoms with van der Waals surface area (Å²) in [4.78, 5) is 0. The molecule has 0 spiro atoms. The summed E-state index contributed by atoms with van der Waals surface area (Å²) in [5.74, 6) is 0.781. The van der Waals surface area contributed by atoms with Crippen LogP contribution in [-0.2, 0) is 0 Å². The van der Waals surface area contributed by atoms with E-state index in [1.165, 1.54) is 0 Å². The molecule has 0 saturated heterocycles. The number of rotatable bonds is 1. The summed E-state index contributed by atoms with van der Waals surface area (Å²) >= 11 is 5.49. The second-order valence-electron chi connectivity index (χ2n) is 3.00. The Hall–Kier alpha value is 0.250. The molecule has 0 aromatic heterocycles. The van der Waals surface area contributed by atoms with Gasteiger partial charge >= 0.3 is 0 Å². The van der Waals surface area contributed by atoms with E-state index in [2.05, 4.69) is 20.8 Å². The fourth-order valence-corrected chi connectivity index (χ4v) is 0.850. The highest BCUT2D eigenvalue weighted by molar-refractivity contribution is 6.17. The smallest absolute Gasteiger partial charge is 0.0228 e. The molecule has 0 aromatic rings. The predicted molar refractivity (Wildman–Crippen MR) is 39.8 cm³/mol. The molecular formula is C6H16ClN. The molecule has 0 aromatic carbocycles. The van der Waals surface area contributed by atoms with Crippen LogP contribution in [0.1, 0.15) is 27.2 Å². The Labute approximate surface area is 57.0 Å². The van der Waals surface area contributed by atoms with E-state index in [0.717, 1.165) is 12.3 Å². The number of hydrogen-bond acceptors (Lipinski definition) is 1. The van der Waals surface area contributed by atoms with Gasteiger partial charge in [0.2, 0.25) is 0 Å². The Bertz CT molecular complexity index is 47.0. The summed E-state index contributed by atoms with van der Waals surface area (Å²) in [6.07, 6.45) is 1.11. The maximum atomic E-state index is 5.49. The van der Waals surface area contributed by atoms with E-state index < -0.39 is 0 Å². The zero-order valence-corrected chi connectivity index (χ0v) is 6.76. The summed E-state index contributed by atoms with van der Waals surface area (Å²) in [6, 6.07) is 0. The lowest BCUT2D eigenvalue weighted by Crippen LogP contribution is -2.04. The molecule has 0 atom stereocenters. The minimum Gasteiger partial charge on any atom is -0.344 e. The van der Waals surface area contributed by atoms with Gasteiger partial charge in [-0.3, -0.25) is 0 Å². The molecule has 0 rings (SSSR count). The maximum absolute atomic E-state index is 5.49. The zero-order chi connectivity index (χ0) is 5.91. The van der Waals surface area contributed by atoms with Gasteiger partial charge in [0, 0.05) is 5.88 Å². The van der Waals surface area contributed by atoms with Crippen molar-refractivity contribution in [3.05, 3.63) is 0 Å². The first-order chi connectivity index (χ1) is 3.06. The lowest BCUT2D eigenvalue weighted by Gasteiger charge is -2.14.